The second-order valence-corrected chi connectivity index (χ2v) is 8.49. The lowest BCUT2D eigenvalue weighted by Gasteiger charge is -2.10. The lowest BCUT2D eigenvalue weighted by molar-refractivity contribution is 1.20. The van der Waals surface area contributed by atoms with E-state index in [2.05, 4.69) is 82.0 Å². The third kappa shape index (κ3) is 4.34. The molecule has 0 aliphatic rings. The van der Waals surface area contributed by atoms with Crippen LogP contribution in [-0.2, 0) is 0 Å². The van der Waals surface area contributed by atoms with Crippen LogP contribution in [0.1, 0.15) is 0 Å². The van der Waals surface area contributed by atoms with Gasteiger partial charge in [-0.25, -0.2) is 9.97 Å². The molecule has 0 spiro atoms. The highest BCUT2D eigenvalue weighted by atomic mass is 79.9. The van der Waals surface area contributed by atoms with Gasteiger partial charge in [0.2, 0.25) is 0 Å². The summed E-state index contributed by atoms with van der Waals surface area (Å²) in [7, 11) is 0. The molecule has 0 aliphatic carbocycles. The fourth-order valence-corrected chi connectivity index (χ4v) is 4.38. The molecule has 0 N–H and O–H groups in total. The molecule has 0 aliphatic heterocycles. The molecule has 0 saturated heterocycles. The Bertz CT molecular complexity index is 1090. The molecule has 0 fully saturated rings. The lowest BCUT2D eigenvalue weighted by atomic mass is 10.0. The van der Waals surface area contributed by atoms with Crippen molar-refractivity contribution in [1.82, 2.24) is 15.0 Å². The van der Waals surface area contributed by atoms with E-state index in [9.17, 15) is 0 Å². The largest absolute Gasteiger partial charge is 0.255 e. The Hall–Kier alpha value is -1.89. The SMILES string of the molecule is Brc1cc(Br)cc(-c2cc(-c3ccccn3)nc(-c3cccc(Br)n3)c2)c1. The minimum Gasteiger partial charge on any atom is -0.255 e. The summed E-state index contributed by atoms with van der Waals surface area (Å²) in [4.78, 5) is 13.8. The molecular formula is C21H12Br3N3. The normalized spacial score (nSPS) is 10.8. The van der Waals surface area contributed by atoms with Crippen LogP contribution in [0.15, 0.2) is 86.5 Å². The number of nitrogens with zero attached hydrogens (tertiary/aromatic N) is 3. The summed E-state index contributed by atoms with van der Waals surface area (Å²) in [6, 6.07) is 21.9. The Morgan fingerprint density at radius 3 is 1.89 bits per heavy atom. The number of benzene rings is 1. The molecule has 4 rings (SSSR count). The quantitative estimate of drug-likeness (QED) is 0.256. The highest BCUT2D eigenvalue weighted by molar-refractivity contribution is 9.11. The topological polar surface area (TPSA) is 38.7 Å². The third-order valence-corrected chi connectivity index (χ3v) is 5.28. The van der Waals surface area contributed by atoms with E-state index >= 15 is 0 Å². The Balaban J connectivity index is 1.94. The summed E-state index contributed by atoms with van der Waals surface area (Å²) in [6.07, 6.45) is 1.77. The Morgan fingerprint density at radius 2 is 1.22 bits per heavy atom. The van der Waals surface area contributed by atoms with Crippen molar-refractivity contribution in [2.75, 3.05) is 0 Å². The van der Waals surface area contributed by atoms with Crippen molar-refractivity contribution >= 4 is 47.8 Å². The molecule has 3 nitrogen and oxygen atoms in total. The van der Waals surface area contributed by atoms with Crippen molar-refractivity contribution in [2.24, 2.45) is 0 Å². The molecule has 0 atom stereocenters. The summed E-state index contributed by atoms with van der Waals surface area (Å²) in [6.45, 7) is 0. The fourth-order valence-electron chi connectivity index (χ4n) is 2.75. The van der Waals surface area contributed by atoms with Crippen LogP contribution >= 0.6 is 47.8 Å². The van der Waals surface area contributed by atoms with E-state index in [0.29, 0.717) is 0 Å². The second-order valence-electron chi connectivity index (χ2n) is 5.84. The van der Waals surface area contributed by atoms with Crippen LogP contribution in [0, 0.1) is 0 Å². The first kappa shape index (κ1) is 18.5. The first-order valence-corrected chi connectivity index (χ1v) is 10.5. The molecule has 132 valence electrons. The third-order valence-electron chi connectivity index (χ3n) is 3.93. The predicted molar refractivity (Wildman–Crippen MR) is 119 cm³/mol. The van der Waals surface area contributed by atoms with Crippen molar-refractivity contribution in [3.05, 3.63) is 86.5 Å². The smallest absolute Gasteiger partial charge is 0.106 e. The van der Waals surface area contributed by atoms with Gasteiger partial charge in [-0.1, -0.05) is 44.0 Å². The Labute approximate surface area is 182 Å². The summed E-state index contributed by atoms with van der Waals surface area (Å²) < 4.78 is 2.78. The Kier molecular flexibility index (Phi) is 5.48. The van der Waals surface area contributed by atoms with Gasteiger partial charge in [-0.2, -0.15) is 0 Å². The van der Waals surface area contributed by atoms with Crippen molar-refractivity contribution in [3.63, 3.8) is 0 Å². The van der Waals surface area contributed by atoms with Crippen molar-refractivity contribution in [1.29, 1.82) is 0 Å². The summed E-state index contributed by atoms with van der Waals surface area (Å²) in [5.74, 6) is 0. The highest BCUT2D eigenvalue weighted by Gasteiger charge is 2.11. The standard InChI is InChI=1S/C21H12Br3N3/c22-15-8-13(9-16(23)12-15)14-10-19(17-4-1-2-7-25-17)26-20(11-14)18-5-3-6-21(24)27-18/h1-12H. The fraction of sp³-hybridized carbons (Fsp3) is 0. The molecular weight excluding hydrogens is 534 g/mol. The van der Waals surface area contributed by atoms with E-state index in [1.165, 1.54) is 0 Å². The molecule has 27 heavy (non-hydrogen) atoms. The number of rotatable bonds is 3. The minimum atomic E-state index is 0.775. The van der Waals surface area contributed by atoms with E-state index in [-0.39, 0.29) is 0 Å². The summed E-state index contributed by atoms with van der Waals surface area (Å²) in [5, 5.41) is 0. The van der Waals surface area contributed by atoms with Crippen LogP contribution in [-0.4, -0.2) is 15.0 Å². The van der Waals surface area contributed by atoms with Crippen LogP contribution in [0.25, 0.3) is 33.9 Å². The van der Waals surface area contributed by atoms with E-state index in [1.807, 2.05) is 42.5 Å². The van der Waals surface area contributed by atoms with Crippen molar-refractivity contribution in [3.8, 4) is 33.9 Å². The zero-order chi connectivity index (χ0) is 18.8. The van der Waals surface area contributed by atoms with E-state index in [0.717, 1.165) is 47.5 Å². The summed E-state index contributed by atoms with van der Waals surface area (Å²) in [5.41, 5.74) is 5.35. The maximum absolute atomic E-state index is 4.82. The number of aromatic nitrogens is 3. The molecule has 1 aromatic carbocycles. The number of hydrogen-bond acceptors (Lipinski definition) is 3. The zero-order valence-corrected chi connectivity index (χ0v) is 18.7. The summed E-state index contributed by atoms with van der Waals surface area (Å²) >= 11 is 10.6. The molecule has 3 heterocycles. The van der Waals surface area contributed by atoms with E-state index < -0.39 is 0 Å². The average molecular weight is 546 g/mol. The highest BCUT2D eigenvalue weighted by Crippen LogP contribution is 2.32. The van der Waals surface area contributed by atoms with Crippen LogP contribution in [0.3, 0.4) is 0 Å². The minimum absolute atomic E-state index is 0.775. The van der Waals surface area contributed by atoms with Gasteiger partial charge in [0.1, 0.15) is 4.60 Å². The van der Waals surface area contributed by atoms with Gasteiger partial charge >= 0.3 is 0 Å². The molecule has 0 saturated carbocycles. The molecule has 0 bridgehead atoms. The first-order valence-electron chi connectivity index (χ1n) is 8.11. The van der Waals surface area contributed by atoms with E-state index in [4.69, 9.17) is 4.98 Å². The van der Waals surface area contributed by atoms with Crippen molar-refractivity contribution in [2.45, 2.75) is 0 Å². The van der Waals surface area contributed by atoms with E-state index in [1.54, 1.807) is 6.20 Å². The van der Waals surface area contributed by atoms with Crippen molar-refractivity contribution < 1.29 is 0 Å². The maximum Gasteiger partial charge on any atom is 0.106 e. The zero-order valence-electron chi connectivity index (χ0n) is 13.9. The molecule has 0 amide bonds. The Morgan fingerprint density at radius 1 is 0.556 bits per heavy atom. The molecule has 4 aromatic rings. The van der Waals surface area contributed by atoms with Crippen LogP contribution in [0.2, 0.25) is 0 Å². The molecule has 0 radical (unpaired) electrons. The monoisotopic (exact) mass is 543 g/mol. The maximum atomic E-state index is 4.82. The average Bonchev–Trinajstić information content (AvgIpc) is 2.67. The molecule has 0 unspecified atom stereocenters. The van der Waals surface area contributed by atoms with Gasteiger partial charge < -0.3 is 0 Å². The van der Waals surface area contributed by atoms with Gasteiger partial charge in [0.25, 0.3) is 0 Å². The number of hydrogen-bond donors (Lipinski definition) is 0. The number of halogens is 3. The van der Waals surface area contributed by atoms with Gasteiger partial charge in [-0.05, 0) is 81.7 Å². The molecule has 3 aromatic heterocycles. The lowest BCUT2D eigenvalue weighted by Crippen LogP contribution is -1.94. The second kappa shape index (κ2) is 8.00. The van der Waals surface area contributed by atoms with Crippen LogP contribution in [0.5, 0.6) is 0 Å². The number of pyridine rings is 3. The predicted octanol–water partition coefficient (Wildman–Crippen LogP) is 7.16. The van der Waals surface area contributed by atoms with Gasteiger partial charge in [0.05, 0.1) is 22.8 Å². The molecule has 6 heteroatoms. The van der Waals surface area contributed by atoms with Gasteiger partial charge in [-0.3, -0.25) is 4.98 Å². The van der Waals surface area contributed by atoms with Crippen LogP contribution in [0.4, 0.5) is 0 Å². The van der Waals surface area contributed by atoms with Gasteiger partial charge in [-0.15, -0.1) is 0 Å². The first-order chi connectivity index (χ1) is 13.1. The van der Waals surface area contributed by atoms with Gasteiger partial charge in [0, 0.05) is 15.1 Å². The van der Waals surface area contributed by atoms with Gasteiger partial charge in [0.15, 0.2) is 0 Å². The van der Waals surface area contributed by atoms with Crippen LogP contribution < -0.4 is 0 Å².